The van der Waals surface area contributed by atoms with Crippen LogP contribution in [0.5, 0.6) is 0 Å². The molecule has 0 saturated carbocycles. The van der Waals surface area contributed by atoms with Gasteiger partial charge in [-0.05, 0) is 52.6 Å². The normalized spacial score (nSPS) is 13.0. The van der Waals surface area contributed by atoms with E-state index in [9.17, 15) is 5.26 Å². The van der Waals surface area contributed by atoms with Crippen molar-refractivity contribution in [3.8, 4) is 57.0 Å². The fourth-order valence-electron chi connectivity index (χ4n) is 8.71. The molecule has 11 rings (SSSR count). The Bertz CT molecular complexity index is 3180. The molecule has 1 aliphatic carbocycles. The van der Waals surface area contributed by atoms with E-state index in [1.54, 1.807) is 0 Å². The third kappa shape index (κ3) is 4.50. The Kier molecular flexibility index (Phi) is 6.56. The molecule has 3 heterocycles. The van der Waals surface area contributed by atoms with Crippen molar-refractivity contribution in [3.05, 3.63) is 168 Å². The summed E-state index contributed by atoms with van der Waals surface area (Å²) in [5.74, 6) is 1.41. The fourth-order valence-corrected chi connectivity index (χ4v) is 8.71. The molecule has 0 aliphatic heterocycles. The van der Waals surface area contributed by atoms with Crippen LogP contribution in [0.1, 0.15) is 30.5 Å². The SMILES string of the molecule is CC1(C)c2ccccc2-c2cc3c4ccccc4n(-c4cc(C#N)c(-c5nc(-c6ccccc6)nc(-c6ccccc6)n5)c5oc6ccccc6c45)c3cc21. The number of furan rings is 1. The van der Waals surface area contributed by atoms with E-state index in [1.807, 2.05) is 84.9 Å². The summed E-state index contributed by atoms with van der Waals surface area (Å²) < 4.78 is 9.14. The minimum absolute atomic E-state index is 0.188. The lowest BCUT2D eigenvalue weighted by Gasteiger charge is -2.22. The van der Waals surface area contributed by atoms with Crippen LogP contribution in [0.2, 0.25) is 0 Å². The third-order valence-corrected chi connectivity index (χ3v) is 11.3. The minimum Gasteiger partial charge on any atom is -0.455 e. The Balaban J connectivity index is 1.25. The van der Waals surface area contributed by atoms with Gasteiger partial charge in [-0.25, -0.2) is 15.0 Å². The second-order valence-electron chi connectivity index (χ2n) is 14.7. The predicted molar refractivity (Wildman–Crippen MR) is 220 cm³/mol. The minimum atomic E-state index is -0.188. The maximum absolute atomic E-state index is 11.1. The highest BCUT2D eigenvalue weighted by atomic mass is 16.3. The van der Waals surface area contributed by atoms with Crippen molar-refractivity contribution in [2.24, 2.45) is 0 Å². The highest BCUT2D eigenvalue weighted by Gasteiger charge is 2.36. The Morgan fingerprint density at radius 1 is 0.564 bits per heavy atom. The summed E-state index contributed by atoms with van der Waals surface area (Å²) in [6, 6.07) is 54.3. The number of nitrogens with zero attached hydrogens (tertiary/aromatic N) is 5. The lowest BCUT2D eigenvalue weighted by atomic mass is 9.82. The number of hydrogen-bond donors (Lipinski definition) is 0. The summed E-state index contributed by atoms with van der Waals surface area (Å²) in [5, 5.41) is 15.2. The molecular weight excluding hydrogens is 675 g/mol. The van der Waals surface area contributed by atoms with Crippen molar-refractivity contribution in [2.75, 3.05) is 0 Å². The van der Waals surface area contributed by atoms with Gasteiger partial charge in [0, 0.05) is 32.7 Å². The van der Waals surface area contributed by atoms with Crippen molar-refractivity contribution in [1.29, 1.82) is 5.26 Å². The van der Waals surface area contributed by atoms with Crippen LogP contribution < -0.4 is 0 Å². The number of aromatic nitrogens is 4. The standard InChI is InChI=1S/C49H31N5O/c1-49(2)37-22-12-9-19-32(37)35-26-36-33-20-10-13-23-39(33)54(40(36)27-38(35)49)41-25-31(28-50)43(45-44(41)34-21-11-14-24-42(34)55-45)48-52-46(29-15-5-3-6-16-29)51-47(53-48)30-17-7-4-8-18-30/h3-27H,1-2H3. The highest BCUT2D eigenvalue weighted by Crippen LogP contribution is 2.51. The van der Waals surface area contributed by atoms with Crippen molar-refractivity contribution >= 4 is 43.7 Å². The summed E-state index contributed by atoms with van der Waals surface area (Å²) in [6.45, 7) is 4.62. The monoisotopic (exact) mass is 705 g/mol. The molecular formula is C49H31N5O. The second-order valence-corrected chi connectivity index (χ2v) is 14.7. The van der Waals surface area contributed by atoms with Crippen molar-refractivity contribution < 1.29 is 4.42 Å². The van der Waals surface area contributed by atoms with Gasteiger partial charge in [0.2, 0.25) is 0 Å². The van der Waals surface area contributed by atoms with Gasteiger partial charge in [0.05, 0.1) is 33.2 Å². The lowest BCUT2D eigenvalue weighted by molar-refractivity contribution is 0.661. The summed E-state index contributed by atoms with van der Waals surface area (Å²) in [6.07, 6.45) is 0. The van der Waals surface area contributed by atoms with Crippen LogP contribution >= 0.6 is 0 Å². The maximum atomic E-state index is 11.1. The van der Waals surface area contributed by atoms with Gasteiger partial charge in [-0.15, -0.1) is 0 Å². The molecule has 0 bridgehead atoms. The van der Waals surface area contributed by atoms with Gasteiger partial charge in [-0.3, -0.25) is 0 Å². The molecule has 55 heavy (non-hydrogen) atoms. The molecule has 0 fully saturated rings. The Labute approximate surface area is 316 Å². The fraction of sp³-hybridized carbons (Fsp3) is 0.0612. The number of fused-ring (bicyclic) bond motifs is 9. The summed E-state index contributed by atoms with van der Waals surface area (Å²) in [4.78, 5) is 15.0. The molecule has 10 aromatic rings. The molecule has 3 aromatic heterocycles. The van der Waals surface area contributed by atoms with E-state index in [1.165, 1.54) is 22.3 Å². The molecule has 7 aromatic carbocycles. The quantitative estimate of drug-likeness (QED) is 0.182. The highest BCUT2D eigenvalue weighted by molar-refractivity contribution is 6.18. The van der Waals surface area contributed by atoms with E-state index in [0.717, 1.165) is 49.4 Å². The van der Waals surface area contributed by atoms with Crippen LogP contribution in [0.25, 0.3) is 94.7 Å². The first-order valence-electron chi connectivity index (χ1n) is 18.4. The van der Waals surface area contributed by atoms with Crippen molar-refractivity contribution in [3.63, 3.8) is 0 Å². The van der Waals surface area contributed by atoms with E-state index < -0.39 is 0 Å². The number of rotatable bonds is 4. The molecule has 258 valence electrons. The first-order valence-corrected chi connectivity index (χ1v) is 18.4. The summed E-state index contributed by atoms with van der Waals surface area (Å²) >= 11 is 0. The average Bonchev–Trinajstić information content (AvgIpc) is 3.86. The smallest absolute Gasteiger partial charge is 0.169 e. The molecule has 0 atom stereocenters. The van der Waals surface area contributed by atoms with E-state index in [2.05, 4.69) is 91.2 Å². The molecule has 0 amide bonds. The van der Waals surface area contributed by atoms with E-state index in [0.29, 0.717) is 39.8 Å². The zero-order valence-corrected chi connectivity index (χ0v) is 30.1. The van der Waals surface area contributed by atoms with Crippen LogP contribution in [0, 0.1) is 11.3 Å². The Morgan fingerprint density at radius 2 is 1.18 bits per heavy atom. The van der Waals surface area contributed by atoms with Gasteiger partial charge in [0.15, 0.2) is 17.5 Å². The Morgan fingerprint density at radius 3 is 1.91 bits per heavy atom. The molecule has 6 heteroatoms. The number of hydrogen-bond acceptors (Lipinski definition) is 5. The number of nitriles is 1. The van der Waals surface area contributed by atoms with Crippen molar-refractivity contribution in [2.45, 2.75) is 19.3 Å². The van der Waals surface area contributed by atoms with E-state index >= 15 is 0 Å². The van der Waals surface area contributed by atoms with Gasteiger partial charge in [-0.1, -0.05) is 135 Å². The van der Waals surface area contributed by atoms with Crippen molar-refractivity contribution in [1.82, 2.24) is 19.5 Å². The lowest BCUT2D eigenvalue weighted by Crippen LogP contribution is -2.15. The van der Waals surface area contributed by atoms with Gasteiger partial charge in [0.25, 0.3) is 0 Å². The zero-order chi connectivity index (χ0) is 36.8. The number of benzene rings is 7. The molecule has 0 saturated heterocycles. The number of para-hydroxylation sites is 2. The Hall–Kier alpha value is -7.36. The average molecular weight is 706 g/mol. The zero-order valence-electron chi connectivity index (χ0n) is 30.1. The van der Waals surface area contributed by atoms with Gasteiger partial charge in [0.1, 0.15) is 17.2 Å². The predicted octanol–water partition coefficient (Wildman–Crippen LogP) is 12.0. The van der Waals surface area contributed by atoms with Crippen LogP contribution in [0.3, 0.4) is 0 Å². The second kappa shape index (κ2) is 11.6. The largest absolute Gasteiger partial charge is 0.455 e. The first kappa shape index (κ1) is 31.2. The molecule has 6 nitrogen and oxygen atoms in total. The van der Waals surface area contributed by atoms with Crippen LogP contribution in [-0.2, 0) is 5.41 Å². The molecule has 1 aliphatic rings. The maximum Gasteiger partial charge on any atom is 0.169 e. The van der Waals surface area contributed by atoms with E-state index in [4.69, 9.17) is 19.4 Å². The third-order valence-electron chi connectivity index (χ3n) is 11.3. The molecule has 0 spiro atoms. The van der Waals surface area contributed by atoms with Crippen LogP contribution in [0.4, 0.5) is 0 Å². The summed E-state index contributed by atoms with van der Waals surface area (Å²) in [5.41, 5.74) is 11.9. The van der Waals surface area contributed by atoms with Gasteiger partial charge < -0.3 is 8.98 Å². The summed E-state index contributed by atoms with van der Waals surface area (Å²) in [7, 11) is 0. The van der Waals surface area contributed by atoms with Crippen LogP contribution in [0.15, 0.2) is 156 Å². The molecule has 0 N–H and O–H groups in total. The topological polar surface area (TPSA) is 80.5 Å². The molecule has 0 radical (unpaired) electrons. The first-order chi connectivity index (χ1) is 27.0. The van der Waals surface area contributed by atoms with Gasteiger partial charge in [-0.2, -0.15) is 5.26 Å². The van der Waals surface area contributed by atoms with Crippen LogP contribution in [-0.4, -0.2) is 19.5 Å². The van der Waals surface area contributed by atoms with Gasteiger partial charge >= 0.3 is 0 Å². The van der Waals surface area contributed by atoms with E-state index in [-0.39, 0.29) is 5.41 Å². The molecule has 0 unspecified atom stereocenters.